The first-order valence-electron chi connectivity index (χ1n) is 7.50. The van der Waals surface area contributed by atoms with Crippen LogP contribution in [0.15, 0.2) is 42.7 Å². The van der Waals surface area contributed by atoms with Crippen molar-refractivity contribution >= 4 is 17.3 Å². The van der Waals surface area contributed by atoms with Crippen molar-refractivity contribution in [3.8, 4) is 0 Å². The number of rotatable bonds is 3. The molecule has 1 N–H and O–H groups in total. The second-order valence-corrected chi connectivity index (χ2v) is 5.42. The average Bonchev–Trinajstić information content (AvgIpc) is 2.57. The number of halogens is 1. The number of benzene rings is 1. The minimum absolute atomic E-state index is 0.00983. The summed E-state index contributed by atoms with van der Waals surface area (Å²) in [5.41, 5.74) is 1.50. The second kappa shape index (κ2) is 6.56. The Morgan fingerprint density at radius 2 is 1.91 bits per heavy atom. The number of nitrogens with one attached hydrogen (secondary N) is 1. The van der Waals surface area contributed by atoms with E-state index < -0.39 is 0 Å². The zero-order valence-electron chi connectivity index (χ0n) is 12.3. The summed E-state index contributed by atoms with van der Waals surface area (Å²) in [5, 5.41) is 2.96. The van der Waals surface area contributed by atoms with E-state index in [0.717, 1.165) is 25.9 Å². The van der Waals surface area contributed by atoms with Crippen LogP contribution in [0.1, 0.15) is 29.6 Å². The summed E-state index contributed by atoms with van der Waals surface area (Å²) in [6.07, 6.45) is 6.42. The van der Waals surface area contributed by atoms with Crippen molar-refractivity contribution < 1.29 is 9.18 Å². The number of piperidine rings is 1. The van der Waals surface area contributed by atoms with Gasteiger partial charge in [0.1, 0.15) is 5.82 Å². The van der Waals surface area contributed by atoms with Gasteiger partial charge in [0.15, 0.2) is 0 Å². The fourth-order valence-electron chi connectivity index (χ4n) is 2.62. The van der Waals surface area contributed by atoms with Crippen molar-refractivity contribution in [1.82, 2.24) is 9.88 Å². The van der Waals surface area contributed by atoms with Crippen LogP contribution in [-0.2, 0) is 0 Å². The zero-order valence-corrected chi connectivity index (χ0v) is 12.3. The molecule has 1 aliphatic heterocycles. The van der Waals surface area contributed by atoms with Gasteiger partial charge in [0, 0.05) is 19.3 Å². The highest BCUT2D eigenvalue weighted by atomic mass is 19.1. The molecule has 1 aromatic heterocycles. The molecule has 4 nitrogen and oxygen atoms in total. The Labute approximate surface area is 129 Å². The van der Waals surface area contributed by atoms with Crippen molar-refractivity contribution in [2.75, 3.05) is 18.4 Å². The van der Waals surface area contributed by atoms with Crippen LogP contribution in [0.2, 0.25) is 0 Å². The third-order valence-electron chi connectivity index (χ3n) is 3.78. The van der Waals surface area contributed by atoms with Gasteiger partial charge in [-0.25, -0.2) is 4.39 Å². The van der Waals surface area contributed by atoms with Crippen LogP contribution in [0.3, 0.4) is 0 Å². The molecule has 5 heteroatoms. The molecule has 0 radical (unpaired) electrons. The first kappa shape index (κ1) is 14.5. The standard InChI is InChI=1S/C17H18FN3O/c18-15-6-2-3-7-16(15)20-14-10-13(11-19-12-14)17(22)21-8-4-1-5-9-21/h2-3,6-7,10-12,20H,1,4-5,8-9H2. The zero-order chi connectivity index (χ0) is 15.4. The minimum Gasteiger partial charge on any atom is -0.352 e. The molecule has 22 heavy (non-hydrogen) atoms. The maximum Gasteiger partial charge on any atom is 0.255 e. The Hall–Kier alpha value is -2.43. The number of pyridine rings is 1. The summed E-state index contributed by atoms with van der Waals surface area (Å²) in [6.45, 7) is 1.59. The van der Waals surface area contributed by atoms with Crippen molar-refractivity contribution in [1.29, 1.82) is 0 Å². The Morgan fingerprint density at radius 3 is 2.68 bits per heavy atom. The number of para-hydroxylation sites is 1. The van der Waals surface area contributed by atoms with E-state index in [0.29, 0.717) is 16.9 Å². The van der Waals surface area contributed by atoms with Crippen LogP contribution in [0.25, 0.3) is 0 Å². The van der Waals surface area contributed by atoms with Crippen molar-refractivity contribution in [2.24, 2.45) is 0 Å². The van der Waals surface area contributed by atoms with E-state index in [-0.39, 0.29) is 11.7 Å². The lowest BCUT2D eigenvalue weighted by Crippen LogP contribution is -2.35. The monoisotopic (exact) mass is 299 g/mol. The summed E-state index contributed by atoms with van der Waals surface area (Å²) in [6, 6.07) is 8.14. The Kier molecular flexibility index (Phi) is 4.32. The molecule has 1 aromatic carbocycles. The van der Waals surface area contributed by atoms with Crippen molar-refractivity contribution in [3.63, 3.8) is 0 Å². The Bertz CT molecular complexity index is 668. The number of likely N-dealkylation sites (tertiary alicyclic amines) is 1. The van der Waals surface area contributed by atoms with Gasteiger partial charge in [-0.2, -0.15) is 0 Å². The Morgan fingerprint density at radius 1 is 1.14 bits per heavy atom. The van der Waals surface area contributed by atoms with Gasteiger partial charge in [-0.3, -0.25) is 9.78 Å². The molecular weight excluding hydrogens is 281 g/mol. The van der Waals surface area contributed by atoms with Crippen LogP contribution >= 0.6 is 0 Å². The highest BCUT2D eigenvalue weighted by Gasteiger charge is 2.18. The summed E-state index contributed by atoms with van der Waals surface area (Å²) in [7, 11) is 0. The number of anilines is 2. The van der Waals surface area contributed by atoms with E-state index in [9.17, 15) is 9.18 Å². The minimum atomic E-state index is -0.338. The molecular formula is C17H18FN3O. The number of carbonyl (C=O) groups is 1. The lowest BCUT2D eigenvalue weighted by atomic mass is 10.1. The van der Waals surface area contributed by atoms with Crippen LogP contribution in [0.5, 0.6) is 0 Å². The fraction of sp³-hybridized carbons (Fsp3) is 0.294. The molecule has 1 amide bonds. The Balaban J connectivity index is 1.77. The lowest BCUT2D eigenvalue weighted by Gasteiger charge is -2.26. The average molecular weight is 299 g/mol. The van der Waals surface area contributed by atoms with Crippen LogP contribution in [0, 0.1) is 5.82 Å². The molecule has 0 aliphatic carbocycles. The van der Waals surface area contributed by atoms with Crippen molar-refractivity contribution in [3.05, 3.63) is 54.1 Å². The largest absolute Gasteiger partial charge is 0.352 e. The molecule has 2 heterocycles. The molecule has 2 aromatic rings. The van der Waals surface area contributed by atoms with E-state index in [4.69, 9.17) is 0 Å². The van der Waals surface area contributed by atoms with E-state index in [1.165, 1.54) is 12.5 Å². The van der Waals surface area contributed by atoms with E-state index in [1.807, 2.05) is 4.90 Å². The number of amides is 1. The quantitative estimate of drug-likeness (QED) is 0.942. The molecule has 1 fully saturated rings. The fourth-order valence-corrected chi connectivity index (χ4v) is 2.62. The normalized spacial score (nSPS) is 14.7. The summed E-state index contributed by atoms with van der Waals surface area (Å²) in [4.78, 5) is 18.4. The van der Waals surface area contributed by atoms with Crippen molar-refractivity contribution in [2.45, 2.75) is 19.3 Å². The number of hydrogen-bond donors (Lipinski definition) is 1. The number of aromatic nitrogens is 1. The third-order valence-corrected chi connectivity index (χ3v) is 3.78. The van der Waals surface area contributed by atoms with Crippen LogP contribution in [0.4, 0.5) is 15.8 Å². The molecule has 0 saturated carbocycles. The van der Waals surface area contributed by atoms with Crippen LogP contribution in [-0.4, -0.2) is 28.9 Å². The molecule has 0 spiro atoms. The maximum absolute atomic E-state index is 13.7. The number of nitrogens with zero attached hydrogens (tertiary/aromatic N) is 2. The van der Waals surface area contributed by atoms with Gasteiger partial charge >= 0.3 is 0 Å². The molecule has 0 unspecified atom stereocenters. The first-order valence-corrected chi connectivity index (χ1v) is 7.50. The number of hydrogen-bond acceptors (Lipinski definition) is 3. The topological polar surface area (TPSA) is 45.2 Å². The van der Waals surface area contributed by atoms with Gasteiger partial charge in [-0.1, -0.05) is 12.1 Å². The van der Waals surface area contributed by atoms with E-state index in [1.54, 1.807) is 36.7 Å². The highest BCUT2D eigenvalue weighted by molar-refractivity contribution is 5.95. The molecule has 0 bridgehead atoms. The van der Waals surface area contributed by atoms with Gasteiger partial charge < -0.3 is 10.2 Å². The van der Waals surface area contributed by atoms with Gasteiger partial charge in [-0.05, 0) is 37.5 Å². The third kappa shape index (κ3) is 3.24. The van der Waals surface area contributed by atoms with E-state index in [2.05, 4.69) is 10.3 Å². The summed E-state index contributed by atoms with van der Waals surface area (Å²) >= 11 is 0. The molecule has 1 aliphatic rings. The second-order valence-electron chi connectivity index (χ2n) is 5.42. The lowest BCUT2D eigenvalue weighted by molar-refractivity contribution is 0.0724. The summed E-state index contributed by atoms with van der Waals surface area (Å²) < 4.78 is 13.7. The van der Waals surface area contributed by atoms with Gasteiger partial charge in [0.05, 0.1) is 23.1 Å². The predicted molar refractivity (Wildman–Crippen MR) is 83.7 cm³/mol. The van der Waals surface area contributed by atoms with Gasteiger partial charge in [-0.15, -0.1) is 0 Å². The van der Waals surface area contributed by atoms with E-state index >= 15 is 0 Å². The first-order chi connectivity index (χ1) is 10.7. The maximum atomic E-state index is 13.7. The molecule has 0 atom stereocenters. The van der Waals surface area contributed by atoms with Gasteiger partial charge in [0.25, 0.3) is 5.91 Å². The summed E-state index contributed by atoms with van der Waals surface area (Å²) in [5.74, 6) is -0.348. The molecule has 3 rings (SSSR count). The van der Waals surface area contributed by atoms with Gasteiger partial charge in [0.2, 0.25) is 0 Å². The highest BCUT2D eigenvalue weighted by Crippen LogP contribution is 2.20. The molecule has 114 valence electrons. The molecule has 1 saturated heterocycles. The number of carbonyl (C=O) groups excluding carboxylic acids is 1. The smallest absolute Gasteiger partial charge is 0.255 e. The SMILES string of the molecule is O=C(c1cncc(Nc2ccccc2F)c1)N1CCCCC1. The predicted octanol–water partition coefficient (Wildman–Crippen LogP) is 3.59. The van der Waals surface area contributed by atoms with Crippen LogP contribution < -0.4 is 5.32 Å².